The molecule has 0 unspecified atom stereocenters. The van der Waals surface area contributed by atoms with Crippen molar-refractivity contribution >= 4 is 33.0 Å². The first-order valence-electron chi connectivity index (χ1n) is 9.90. The molecular formula is C21H29FN4O3S. The standard InChI is InChI=1S/C21H29FN4O3S/c1-5-23-19-11-10-17(30(28,29)26(6-2)7-3)13-20(19)24-14-21(27)25-16-9-8-15(4)18(22)12-16/h8-13,23-24H,5-7,14H2,1-4H3,(H,25,27). The summed E-state index contributed by atoms with van der Waals surface area (Å²) < 4.78 is 40.7. The van der Waals surface area contributed by atoms with E-state index in [1.165, 1.54) is 16.4 Å². The van der Waals surface area contributed by atoms with Gasteiger partial charge in [-0.2, -0.15) is 4.31 Å². The van der Waals surface area contributed by atoms with Crippen LogP contribution in [-0.2, 0) is 14.8 Å². The quantitative estimate of drug-likeness (QED) is 0.529. The number of rotatable bonds is 10. The zero-order chi connectivity index (χ0) is 22.3. The van der Waals surface area contributed by atoms with Crippen LogP contribution in [0.5, 0.6) is 0 Å². The first-order chi connectivity index (χ1) is 14.2. The number of benzene rings is 2. The van der Waals surface area contributed by atoms with E-state index in [9.17, 15) is 17.6 Å². The van der Waals surface area contributed by atoms with Gasteiger partial charge in [-0.05, 0) is 49.7 Å². The number of sulfonamides is 1. The summed E-state index contributed by atoms with van der Waals surface area (Å²) in [6.07, 6.45) is 0. The highest BCUT2D eigenvalue weighted by atomic mass is 32.2. The molecule has 0 atom stereocenters. The van der Waals surface area contributed by atoms with Crippen molar-refractivity contribution in [1.29, 1.82) is 0 Å². The van der Waals surface area contributed by atoms with Crippen molar-refractivity contribution in [2.75, 3.05) is 42.1 Å². The molecule has 0 aliphatic heterocycles. The predicted octanol–water partition coefficient (Wildman–Crippen LogP) is 3.65. The second-order valence-corrected chi connectivity index (χ2v) is 8.63. The Hall–Kier alpha value is -2.65. The number of halogens is 1. The average Bonchev–Trinajstić information content (AvgIpc) is 2.71. The number of nitrogens with one attached hydrogen (secondary N) is 3. The Kier molecular flexibility index (Phi) is 8.19. The third-order valence-corrected chi connectivity index (χ3v) is 6.64. The summed E-state index contributed by atoms with van der Waals surface area (Å²) in [7, 11) is -3.63. The van der Waals surface area contributed by atoms with Crippen molar-refractivity contribution < 1.29 is 17.6 Å². The Labute approximate surface area is 177 Å². The zero-order valence-corrected chi connectivity index (χ0v) is 18.6. The largest absolute Gasteiger partial charge is 0.384 e. The fraction of sp³-hybridized carbons (Fsp3) is 0.381. The zero-order valence-electron chi connectivity index (χ0n) is 17.8. The van der Waals surface area contributed by atoms with Crippen LogP contribution < -0.4 is 16.0 Å². The third kappa shape index (κ3) is 5.70. The first-order valence-corrected chi connectivity index (χ1v) is 11.3. The van der Waals surface area contributed by atoms with Crippen molar-refractivity contribution in [3.8, 4) is 0 Å². The van der Waals surface area contributed by atoms with Gasteiger partial charge in [-0.3, -0.25) is 4.79 Å². The predicted molar refractivity (Wildman–Crippen MR) is 119 cm³/mol. The van der Waals surface area contributed by atoms with E-state index in [2.05, 4.69) is 16.0 Å². The van der Waals surface area contributed by atoms with Crippen LogP contribution in [0.4, 0.5) is 21.5 Å². The molecular weight excluding hydrogens is 407 g/mol. The fourth-order valence-electron chi connectivity index (χ4n) is 2.94. The van der Waals surface area contributed by atoms with E-state index < -0.39 is 15.8 Å². The topological polar surface area (TPSA) is 90.5 Å². The Morgan fingerprint density at radius 2 is 1.70 bits per heavy atom. The fourth-order valence-corrected chi connectivity index (χ4v) is 4.42. The highest BCUT2D eigenvalue weighted by Gasteiger charge is 2.22. The van der Waals surface area contributed by atoms with Crippen LogP contribution in [0.3, 0.4) is 0 Å². The lowest BCUT2D eigenvalue weighted by Crippen LogP contribution is -2.30. The van der Waals surface area contributed by atoms with Gasteiger partial charge in [0.05, 0.1) is 22.8 Å². The number of anilines is 3. The Bertz CT molecular complexity index is 992. The maximum Gasteiger partial charge on any atom is 0.243 e. The number of carbonyl (C=O) groups excluding carboxylic acids is 1. The van der Waals surface area contributed by atoms with E-state index in [1.54, 1.807) is 45.0 Å². The highest BCUT2D eigenvalue weighted by molar-refractivity contribution is 7.89. The molecule has 2 aromatic rings. The Morgan fingerprint density at radius 1 is 1.00 bits per heavy atom. The van der Waals surface area contributed by atoms with E-state index in [4.69, 9.17) is 0 Å². The number of amides is 1. The van der Waals surface area contributed by atoms with Gasteiger partial charge in [0.15, 0.2) is 0 Å². The lowest BCUT2D eigenvalue weighted by Gasteiger charge is -2.20. The second kappa shape index (κ2) is 10.4. The monoisotopic (exact) mass is 436 g/mol. The number of hydrogen-bond acceptors (Lipinski definition) is 5. The minimum atomic E-state index is -3.63. The van der Waals surface area contributed by atoms with Crippen LogP contribution in [0.15, 0.2) is 41.3 Å². The molecule has 3 N–H and O–H groups in total. The van der Waals surface area contributed by atoms with Crippen molar-refractivity contribution in [2.24, 2.45) is 0 Å². The van der Waals surface area contributed by atoms with Crippen molar-refractivity contribution in [3.63, 3.8) is 0 Å². The van der Waals surface area contributed by atoms with E-state index in [1.807, 2.05) is 6.92 Å². The van der Waals surface area contributed by atoms with E-state index in [0.29, 0.717) is 42.3 Å². The molecule has 0 fully saturated rings. The summed E-state index contributed by atoms with van der Waals surface area (Å²) in [5.74, 6) is -0.776. The minimum Gasteiger partial charge on any atom is -0.384 e. The molecule has 0 saturated carbocycles. The van der Waals surface area contributed by atoms with Gasteiger partial charge < -0.3 is 16.0 Å². The third-order valence-electron chi connectivity index (χ3n) is 4.60. The molecule has 1 amide bonds. The highest BCUT2D eigenvalue weighted by Crippen LogP contribution is 2.27. The molecule has 0 bridgehead atoms. The molecule has 0 radical (unpaired) electrons. The summed E-state index contributed by atoms with van der Waals surface area (Å²) in [5, 5.41) is 8.75. The molecule has 0 saturated heterocycles. The van der Waals surface area contributed by atoms with E-state index >= 15 is 0 Å². The molecule has 0 aliphatic carbocycles. The van der Waals surface area contributed by atoms with Crippen molar-refractivity contribution in [1.82, 2.24) is 4.31 Å². The molecule has 7 nitrogen and oxygen atoms in total. The summed E-state index contributed by atoms with van der Waals surface area (Å²) in [6, 6.07) is 9.21. The second-order valence-electron chi connectivity index (χ2n) is 6.69. The van der Waals surface area contributed by atoms with E-state index in [0.717, 1.165) is 0 Å². The first kappa shape index (κ1) is 23.6. The molecule has 30 heavy (non-hydrogen) atoms. The Morgan fingerprint density at radius 3 is 2.30 bits per heavy atom. The summed E-state index contributed by atoms with van der Waals surface area (Å²) in [4.78, 5) is 12.4. The van der Waals surface area contributed by atoms with Crippen LogP contribution >= 0.6 is 0 Å². The lowest BCUT2D eigenvalue weighted by molar-refractivity contribution is -0.114. The molecule has 0 heterocycles. The summed E-state index contributed by atoms with van der Waals surface area (Å²) in [6.45, 7) is 8.39. The molecule has 0 aliphatic rings. The van der Waals surface area contributed by atoms with Crippen LogP contribution in [0, 0.1) is 12.7 Å². The molecule has 0 spiro atoms. The molecule has 2 aromatic carbocycles. The lowest BCUT2D eigenvalue weighted by atomic mass is 10.2. The number of aryl methyl sites for hydroxylation is 1. The summed E-state index contributed by atoms with van der Waals surface area (Å²) >= 11 is 0. The average molecular weight is 437 g/mol. The maximum atomic E-state index is 13.7. The SMILES string of the molecule is CCNc1ccc(S(=O)(=O)N(CC)CC)cc1NCC(=O)Nc1ccc(C)c(F)c1. The molecule has 0 aromatic heterocycles. The maximum absolute atomic E-state index is 13.7. The van der Waals surface area contributed by atoms with Crippen molar-refractivity contribution in [3.05, 3.63) is 47.8 Å². The van der Waals surface area contributed by atoms with Gasteiger partial charge in [0.25, 0.3) is 0 Å². The molecule has 2 rings (SSSR count). The van der Waals surface area contributed by atoms with Crippen LogP contribution in [0.2, 0.25) is 0 Å². The van der Waals surface area contributed by atoms with Gasteiger partial charge in [0.2, 0.25) is 15.9 Å². The van der Waals surface area contributed by atoms with Crippen LogP contribution in [0.1, 0.15) is 26.3 Å². The van der Waals surface area contributed by atoms with Gasteiger partial charge in [-0.25, -0.2) is 12.8 Å². The van der Waals surface area contributed by atoms with Gasteiger partial charge in [0, 0.05) is 25.3 Å². The van der Waals surface area contributed by atoms with Gasteiger partial charge >= 0.3 is 0 Å². The van der Waals surface area contributed by atoms with Gasteiger partial charge in [-0.15, -0.1) is 0 Å². The normalized spacial score (nSPS) is 11.4. The number of hydrogen-bond donors (Lipinski definition) is 3. The summed E-state index contributed by atoms with van der Waals surface area (Å²) in [5.41, 5.74) is 2.03. The molecule has 9 heteroatoms. The van der Waals surface area contributed by atoms with Crippen LogP contribution in [-0.4, -0.2) is 44.8 Å². The van der Waals surface area contributed by atoms with Gasteiger partial charge in [0.1, 0.15) is 5.82 Å². The Balaban J connectivity index is 2.20. The van der Waals surface area contributed by atoms with Crippen molar-refractivity contribution in [2.45, 2.75) is 32.6 Å². The number of carbonyl (C=O) groups is 1. The number of nitrogens with zero attached hydrogens (tertiary/aromatic N) is 1. The smallest absolute Gasteiger partial charge is 0.243 e. The van der Waals surface area contributed by atoms with Crippen LogP contribution in [0.25, 0.3) is 0 Å². The van der Waals surface area contributed by atoms with Gasteiger partial charge in [-0.1, -0.05) is 19.9 Å². The van der Waals surface area contributed by atoms with E-state index in [-0.39, 0.29) is 17.3 Å². The minimum absolute atomic E-state index is 0.108. The molecule has 164 valence electrons.